The zero-order chi connectivity index (χ0) is 14.1. The second-order valence-electron chi connectivity index (χ2n) is 4.43. The molecular formula is C16H13IN2O. The highest BCUT2D eigenvalue weighted by Gasteiger charge is 2.15. The molecule has 0 unspecified atom stereocenters. The molecule has 0 spiro atoms. The van der Waals surface area contributed by atoms with Gasteiger partial charge in [-0.15, -0.1) is 0 Å². The molecule has 0 fully saturated rings. The highest BCUT2D eigenvalue weighted by Crippen LogP contribution is 2.39. The third-order valence-corrected chi connectivity index (χ3v) is 3.86. The van der Waals surface area contributed by atoms with Crippen LogP contribution in [0.15, 0.2) is 48.5 Å². The molecular weight excluding hydrogens is 363 g/mol. The number of pyridine rings is 1. The molecule has 3 aromatic rings. The summed E-state index contributed by atoms with van der Waals surface area (Å²) in [4.78, 5) is 4.50. The lowest BCUT2D eigenvalue weighted by Gasteiger charge is -2.14. The van der Waals surface area contributed by atoms with E-state index in [1.807, 2.05) is 42.5 Å². The average molecular weight is 376 g/mol. The van der Waals surface area contributed by atoms with Crippen molar-refractivity contribution in [2.24, 2.45) is 0 Å². The third-order valence-electron chi connectivity index (χ3n) is 3.19. The molecule has 4 heteroatoms. The number of nitrogens with zero attached hydrogens (tertiary/aromatic N) is 1. The number of benzene rings is 2. The van der Waals surface area contributed by atoms with Crippen molar-refractivity contribution < 1.29 is 4.74 Å². The fraction of sp³-hybridized carbons (Fsp3) is 0.0625. The van der Waals surface area contributed by atoms with E-state index < -0.39 is 0 Å². The zero-order valence-electron chi connectivity index (χ0n) is 10.9. The molecule has 0 aliphatic carbocycles. The smallest absolute Gasteiger partial charge is 0.139 e. The van der Waals surface area contributed by atoms with E-state index in [1.165, 1.54) is 0 Å². The Labute approximate surface area is 130 Å². The summed E-state index contributed by atoms with van der Waals surface area (Å²) in [5.74, 6) is 1.26. The SMILES string of the molecule is COc1c(-c2ccccc2)c(N)nc2ccc(I)cc12. The molecule has 2 aromatic carbocycles. The molecule has 0 aliphatic rings. The number of fused-ring (bicyclic) bond motifs is 1. The van der Waals surface area contributed by atoms with Gasteiger partial charge in [-0.1, -0.05) is 30.3 Å². The van der Waals surface area contributed by atoms with Gasteiger partial charge in [0.15, 0.2) is 0 Å². The van der Waals surface area contributed by atoms with E-state index in [0.717, 1.165) is 31.3 Å². The Morgan fingerprint density at radius 3 is 2.55 bits per heavy atom. The minimum Gasteiger partial charge on any atom is -0.495 e. The van der Waals surface area contributed by atoms with Gasteiger partial charge in [0.1, 0.15) is 11.6 Å². The predicted molar refractivity (Wildman–Crippen MR) is 90.9 cm³/mol. The van der Waals surface area contributed by atoms with Gasteiger partial charge in [0.25, 0.3) is 0 Å². The van der Waals surface area contributed by atoms with Crippen LogP contribution < -0.4 is 10.5 Å². The van der Waals surface area contributed by atoms with Crippen LogP contribution in [-0.2, 0) is 0 Å². The monoisotopic (exact) mass is 376 g/mol. The van der Waals surface area contributed by atoms with E-state index in [4.69, 9.17) is 10.5 Å². The molecule has 0 bridgehead atoms. The minimum atomic E-state index is 0.488. The Bertz CT molecular complexity index is 772. The maximum absolute atomic E-state index is 6.14. The number of nitrogen functional groups attached to an aromatic ring is 1. The number of methoxy groups -OCH3 is 1. The van der Waals surface area contributed by atoms with Crippen molar-refractivity contribution in [1.82, 2.24) is 4.98 Å². The molecule has 1 aromatic heterocycles. The molecule has 20 heavy (non-hydrogen) atoms. The van der Waals surface area contributed by atoms with Gasteiger partial charge in [0.2, 0.25) is 0 Å². The van der Waals surface area contributed by atoms with Crippen LogP contribution in [0.2, 0.25) is 0 Å². The summed E-state index contributed by atoms with van der Waals surface area (Å²) in [6.07, 6.45) is 0. The molecule has 0 atom stereocenters. The minimum absolute atomic E-state index is 0.488. The van der Waals surface area contributed by atoms with Crippen molar-refractivity contribution in [3.05, 3.63) is 52.1 Å². The van der Waals surface area contributed by atoms with Crippen LogP contribution in [0, 0.1) is 3.57 Å². The molecule has 0 amide bonds. The standard InChI is InChI=1S/C16H13IN2O/c1-20-15-12-9-11(17)7-8-13(12)19-16(18)14(15)10-5-3-2-4-6-10/h2-9H,1H3,(H2,18,19). The first-order valence-electron chi connectivity index (χ1n) is 6.19. The highest BCUT2D eigenvalue weighted by atomic mass is 127. The molecule has 1 heterocycles. The van der Waals surface area contributed by atoms with Crippen LogP contribution in [0.25, 0.3) is 22.0 Å². The van der Waals surface area contributed by atoms with Crippen molar-refractivity contribution in [2.75, 3.05) is 12.8 Å². The highest BCUT2D eigenvalue weighted by molar-refractivity contribution is 14.1. The molecule has 0 radical (unpaired) electrons. The Balaban J connectivity index is 2.39. The Morgan fingerprint density at radius 2 is 1.85 bits per heavy atom. The van der Waals surface area contributed by atoms with Crippen molar-refractivity contribution in [3.63, 3.8) is 0 Å². The lowest BCUT2D eigenvalue weighted by molar-refractivity contribution is 0.421. The predicted octanol–water partition coefficient (Wildman–Crippen LogP) is 4.10. The van der Waals surface area contributed by atoms with E-state index in [2.05, 4.69) is 33.6 Å². The molecule has 3 rings (SSSR count). The van der Waals surface area contributed by atoms with Crippen molar-refractivity contribution in [2.45, 2.75) is 0 Å². The summed E-state index contributed by atoms with van der Waals surface area (Å²) in [7, 11) is 1.67. The maximum Gasteiger partial charge on any atom is 0.139 e. The summed E-state index contributed by atoms with van der Waals surface area (Å²) in [5, 5.41) is 0.979. The maximum atomic E-state index is 6.14. The fourth-order valence-electron chi connectivity index (χ4n) is 2.32. The summed E-state index contributed by atoms with van der Waals surface area (Å²) >= 11 is 2.28. The summed E-state index contributed by atoms with van der Waals surface area (Å²) in [6, 6.07) is 16.0. The first kappa shape index (κ1) is 13.2. The quantitative estimate of drug-likeness (QED) is 0.686. The van der Waals surface area contributed by atoms with E-state index >= 15 is 0 Å². The Kier molecular flexibility index (Phi) is 3.48. The van der Waals surface area contributed by atoms with Crippen molar-refractivity contribution in [3.8, 4) is 16.9 Å². The van der Waals surface area contributed by atoms with Crippen LogP contribution in [0.5, 0.6) is 5.75 Å². The van der Waals surface area contributed by atoms with Gasteiger partial charge in [0, 0.05) is 8.96 Å². The van der Waals surface area contributed by atoms with Gasteiger partial charge in [-0.2, -0.15) is 0 Å². The second kappa shape index (κ2) is 5.28. The number of hydrogen-bond acceptors (Lipinski definition) is 3. The van der Waals surface area contributed by atoms with Gasteiger partial charge < -0.3 is 10.5 Å². The molecule has 100 valence electrons. The summed E-state index contributed by atoms with van der Waals surface area (Å²) < 4.78 is 6.76. The number of aromatic nitrogens is 1. The van der Waals surface area contributed by atoms with Crippen LogP contribution >= 0.6 is 22.6 Å². The number of ether oxygens (including phenoxy) is 1. The average Bonchev–Trinajstić information content (AvgIpc) is 2.47. The second-order valence-corrected chi connectivity index (χ2v) is 5.68. The number of rotatable bonds is 2. The van der Waals surface area contributed by atoms with E-state index in [9.17, 15) is 0 Å². The number of anilines is 1. The topological polar surface area (TPSA) is 48.1 Å². The zero-order valence-corrected chi connectivity index (χ0v) is 13.1. The molecule has 2 N–H and O–H groups in total. The Morgan fingerprint density at radius 1 is 1.10 bits per heavy atom. The third kappa shape index (κ3) is 2.20. The van der Waals surface area contributed by atoms with E-state index in [-0.39, 0.29) is 0 Å². The lowest BCUT2D eigenvalue weighted by atomic mass is 10.0. The van der Waals surface area contributed by atoms with Crippen LogP contribution in [0.3, 0.4) is 0 Å². The number of halogens is 1. The molecule has 0 saturated carbocycles. The van der Waals surface area contributed by atoms with Gasteiger partial charge >= 0.3 is 0 Å². The van der Waals surface area contributed by atoms with E-state index in [0.29, 0.717) is 5.82 Å². The summed E-state index contributed by atoms with van der Waals surface area (Å²) in [6.45, 7) is 0. The van der Waals surface area contributed by atoms with Crippen LogP contribution in [0.4, 0.5) is 5.82 Å². The largest absolute Gasteiger partial charge is 0.495 e. The van der Waals surface area contributed by atoms with Gasteiger partial charge in [-0.05, 0) is 46.4 Å². The van der Waals surface area contributed by atoms with Gasteiger partial charge in [-0.3, -0.25) is 0 Å². The summed E-state index contributed by atoms with van der Waals surface area (Å²) in [5.41, 5.74) is 8.85. The lowest BCUT2D eigenvalue weighted by Crippen LogP contribution is -1.99. The van der Waals surface area contributed by atoms with E-state index in [1.54, 1.807) is 7.11 Å². The normalized spacial score (nSPS) is 10.7. The first-order chi connectivity index (χ1) is 9.70. The Hall–Kier alpha value is -1.82. The van der Waals surface area contributed by atoms with Gasteiger partial charge in [-0.25, -0.2) is 4.98 Å². The van der Waals surface area contributed by atoms with Crippen LogP contribution in [-0.4, -0.2) is 12.1 Å². The number of nitrogens with two attached hydrogens (primary N) is 1. The van der Waals surface area contributed by atoms with Crippen molar-refractivity contribution >= 4 is 39.3 Å². The number of hydrogen-bond donors (Lipinski definition) is 1. The molecule has 0 saturated heterocycles. The fourth-order valence-corrected chi connectivity index (χ4v) is 2.81. The molecule has 0 aliphatic heterocycles. The van der Waals surface area contributed by atoms with Gasteiger partial charge in [0.05, 0.1) is 18.2 Å². The van der Waals surface area contributed by atoms with Crippen molar-refractivity contribution in [1.29, 1.82) is 0 Å². The molecule has 3 nitrogen and oxygen atoms in total. The first-order valence-corrected chi connectivity index (χ1v) is 7.26. The van der Waals surface area contributed by atoms with Crippen LogP contribution in [0.1, 0.15) is 0 Å².